The number of hydrogen-bond donors (Lipinski definition) is 4. The zero-order valence-electron chi connectivity index (χ0n) is 22.2. The Bertz CT molecular complexity index is 864. The minimum atomic E-state index is -4.60. The van der Waals surface area contributed by atoms with Gasteiger partial charge in [0.1, 0.15) is 0 Å². The molecular weight excluding hydrogens is 544 g/mol. The Morgan fingerprint density at radius 2 is 1.47 bits per heavy atom. The van der Waals surface area contributed by atoms with Crippen molar-refractivity contribution in [3.8, 4) is 0 Å². The van der Waals surface area contributed by atoms with Crippen molar-refractivity contribution < 1.29 is 51.7 Å². The average molecular weight is 588 g/mol. The Morgan fingerprint density at radius 1 is 0.895 bits per heavy atom. The molecule has 0 aliphatic carbocycles. The SMILES string of the molecule is CCCCC(=O)N1C[C@H](O)C[C@H]1COP(=O)(O)OC1C[C@@H](COP(=O)(O)OC)N(C(=O)CCCCCN)C1. The molecule has 2 fully saturated rings. The number of carbonyl (C=O) groups is 2. The predicted octanol–water partition coefficient (Wildman–Crippen LogP) is 1.52. The number of nitrogens with zero attached hydrogens (tertiary/aromatic N) is 2. The molecule has 2 rings (SSSR count). The molecule has 38 heavy (non-hydrogen) atoms. The van der Waals surface area contributed by atoms with Gasteiger partial charge in [-0.05, 0) is 38.6 Å². The second kappa shape index (κ2) is 15.8. The maximum Gasteiger partial charge on any atom is 0.472 e. The summed E-state index contributed by atoms with van der Waals surface area (Å²) in [6.45, 7) is 1.94. The van der Waals surface area contributed by atoms with E-state index in [9.17, 15) is 33.6 Å². The van der Waals surface area contributed by atoms with E-state index in [0.717, 1.165) is 26.4 Å². The number of likely N-dealkylation sites (tertiary alicyclic amines) is 2. The second-order valence-electron chi connectivity index (χ2n) is 9.67. The molecule has 3 unspecified atom stereocenters. The lowest BCUT2D eigenvalue weighted by Crippen LogP contribution is -2.38. The molecule has 0 aromatic rings. The van der Waals surface area contributed by atoms with Gasteiger partial charge < -0.3 is 30.4 Å². The molecule has 0 bridgehead atoms. The summed E-state index contributed by atoms with van der Waals surface area (Å²) in [5, 5.41) is 10.0. The molecule has 2 aliphatic heterocycles. The van der Waals surface area contributed by atoms with Gasteiger partial charge in [0.05, 0.1) is 37.5 Å². The van der Waals surface area contributed by atoms with Crippen LogP contribution in [-0.2, 0) is 36.8 Å². The van der Waals surface area contributed by atoms with Crippen LogP contribution in [0.15, 0.2) is 0 Å². The first-order valence-corrected chi connectivity index (χ1v) is 16.1. The number of carbonyl (C=O) groups excluding carboxylic acids is 2. The van der Waals surface area contributed by atoms with Crippen LogP contribution in [0.5, 0.6) is 0 Å². The molecule has 2 heterocycles. The van der Waals surface area contributed by atoms with Gasteiger partial charge in [0.2, 0.25) is 11.8 Å². The summed E-state index contributed by atoms with van der Waals surface area (Å²) < 4.78 is 44.4. The van der Waals surface area contributed by atoms with E-state index >= 15 is 0 Å². The van der Waals surface area contributed by atoms with Gasteiger partial charge in [-0.2, -0.15) is 0 Å². The zero-order valence-corrected chi connectivity index (χ0v) is 24.0. The molecule has 0 saturated carbocycles. The summed E-state index contributed by atoms with van der Waals surface area (Å²) in [6, 6.07) is -1.25. The van der Waals surface area contributed by atoms with E-state index in [2.05, 4.69) is 4.52 Å². The third-order valence-corrected chi connectivity index (χ3v) is 8.60. The van der Waals surface area contributed by atoms with E-state index in [-0.39, 0.29) is 57.4 Å². The van der Waals surface area contributed by atoms with E-state index in [1.807, 2.05) is 6.92 Å². The number of aliphatic hydroxyl groups excluding tert-OH is 1. The van der Waals surface area contributed by atoms with Crippen molar-refractivity contribution in [1.29, 1.82) is 0 Å². The third-order valence-electron chi connectivity index (χ3n) is 6.62. The Morgan fingerprint density at radius 3 is 2.08 bits per heavy atom. The fourth-order valence-corrected chi connectivity index (χ4v) is 6.03. The lowest BCUT2D eigenvalue weighted by molar-refractivity contribution is -0.133. The summed E-state index contributed by atoms with van der Waals surface area (Å²) in [5.41, 5.74) is 5.49. The topological polar surface area (TPSA) is 198 Å². The largest absolute Gasteiger partial charge is 0.472 e. The van der Waals surface area contributed by atoms with Crippen LogP contribution >= 0.6 is 15.6 Å². The van der Waals surface area contributed by atoms with E-state index in [4.69, 9.17) is 19.3 Å². The van der Waals surface area contributed by atoms with Gasteiger partial charge in [0.25, 0.3) is 0 Å². The summed E-state index contributed by atoms with van der Waals surface area (Å²) in [7, 11) is -7.88. The van der Waals surface area contributed by atoms with Crippen LogP contribution in [0.4, 0.5) is 0 Å². The molecule has 0 radical (unpaired) electrons. The Hall–Kier alpha value is -0.920. The molecule has 222 valence electrons. The molecule has 6 atom stereocenters. The van der Waals surface area contributed by atoms with Gasteiger partial charge in [-0.15, -0.1) is 0 Å². The van der Waals surface area contributed by atoms with Gasteiger partial charge in [-0.3, -0.25) is 27.7 Å². The molecule has 5 N–H and O–H groups in total. The molecule has 14 nitrogen and oxygen atoms in total. The highest BCUT2D eigenvalue weighted by molar-refractivity contribution is 7.47. The first-order chi connectivity index (χ1) is 17.9. The maximum atomic E-state index is 12.8. The Labute approximate surface area is 224 Å². The number of phosphoric ester groups is 2. The van der Waals surface area contributed by atoms with Crippen LogP contribution in [0.1, 0.15) is 64.7 Å². The molecule has 2 amide bonds. The fraction of sp³-hybridized carbons (Fsp3) is 0.909. The van der Waals surface area contributed by atoms with Crippen LogP contribution in [0.25, 0.3) is 0 Å². The molecule has 0 aromatic carbocycles. The predicted molar refractivity (Wildman–Crippen MR) is 137 cm³/mol. The number of hydrogen-bond acceptors (Lipinski definition) is 10. The lowest BCUT2D eigenvalue weighted by Gasteiger charge is -2.25. The summed E-state index contributed by atoms with van der Waals surface area (Å²) in [6.07, 6.45) is 2.84. The number of β-amino-alcohol motifs (C(OH)–C–C–N with tert-alkyl or cyclic N) is 1. The monoisotopic (exact) mass is 587 g/mol. The van der Waals surface area contributed by atoms with Crippen molar-refractivity contribution in [2.75, 3.05) is 40.0 Å². The number of phosphoric acid groups is 2. The first kappa shape index (κ1) is 33.3. The van der Waals surface area contributed by atoms with Crippen LogP contribution < -0.4 is 5.73 Å². The van der Waals surface area contributed by atoms with Crippen LogP contribution in [-0.4, -0.2) is 101 Å². The van der Waals surface area contributed by atoms with Crippen molar-refractivity contribution in [3.05, 3.63) is 0 Å². The van der Waals surface area contributed by atoms with Crippen molar-refractivity contribution in [3.63, 3.8) is 0 Å². The van der Waals surface area contributed by atoms with Crippen LogP contribution in [0, 0.1) is 0 Å². The molecule has 0 aromatic heterocycles. The summed E-state index contributed by atoms with van der Waals surface area (Å²) in [4.78, 5) is 48.1. The standard InChI is InChI=1S/C22H43N3O11P2/c1-3-4-8-21(27)24-13-19(26)11-17(24)15-35-38(31,32)36-20-12-18(16-34-37(29,30)33-2)25(14-20)22(28)9-6-5-7-10-23/h17-20,26H,3-16,23H2,1-2H3,(H,29,30)(H,31,32)/t17-,18-,19+,20?/m0/s1. The second-order valence-corrected chi connectivity index (χ2v) is 12.6. The third kappa shape index (κ3) is 10.9. The normalized spacial score (nSPS) is 26.9. The van der Waals surface area contributed by atoms with E-state index in [1.165, 1.54) is 9.80 Å². The number of nitrogens with two attached hydrogens (primary N) is 1. The lowest BCUT2D eigenvalue weighted by atomic mass is 10.1. The van der Waals surface area contributed by atoms with E-state index < -0.39 is 39.9 Å². The quantitative estimate of drug-likeness (QED) is 0.142. The highest BCUT2D eigenvalue weighted by Crippen LogP contribution is 2.48. The Balaban J connectivity index is 1.97. The van der Waals surface area contributed by atoms with Crippen molar-refractivity contribution in [1.82, 2.24) is 9.80 Å². The molecular formula is C22H43N3O11P2. The maximum absolute atomic E-state index is 12.8. The minimum Gasteiger partial charge on any atom is -0.391 e. The van der Waals surface area contributed by atoms with E-state index in [1.54, 1.807) is 0 Å². The highest BCUT2D eigenvalue weighted by Gasteiger charge is 2.42. The fourth-order valence-electron chi connectivity index (χ4n) is 4.61. The van der Waals surface area contributed by atoms with Crippen molar-refractivity contribution >= 4 is 27.5 Å². The molecule has 16 heteroatoms. The number of amides is 2. The van der Waals surface area contributed by atoms with E-state index in [0.29, 0.717) is 25.8 Å². The highest BCUT2D eigenvalue weighted by atomic mass is 31.2. The number of aliphatic hydroxyl groups is 1. The first-order valence-electron chi connectivity index (χ1n) is 13.1. The van der Waals surface area contributed by atoms with Crippen molar-refractivity contribution in [2.45, 2.75) is 89.0 Å². The van der Waals surface area contributed by atoms with Gasteiger partial charge in [-0.25, -0.2) is 9.13 Å². The molecule has 2 aliphatic rings. The van der Waals surface area contributed by atoms with Crippen LogP contribution in [0.3, 0.4) is 0 Å². The smallest absolute Gasteiger partial charge is 0.391 e. The Kier molecular flexibility index (Phi) is 13.8. The van der Waals surface area contributed by atoms with Crippen LogP contribution in [0.2, 0.25) is 0 Å². The van der Waals surface area contributed by atoms with Crippen molar-refractivity contribution in [2.24, 2.45) is 5.73 Å². The van der Waals surface area contributed by atoms with Gasteiger partial charge >= 0.3 is 15.6 Å². The number of rotatable bonds is 17. The zero-order chi connectivity index (χ0) is 28.3. The molecule has 2 saturated heterocycles. The van der Waals surface area contributed by atoms with Gasteiger partial charge in [0.15, 0.2) is 0 Å². The van der Waals surface area contributed by atoms with Gasteiger partial charge in [-0.1, -0.05) is 19.8 Å². The summed E-state index contributed by atoms with van der Waals surface area (Å²) >= 11 is 0. The minimum absolute atomic E-state index is 0.0376. The average Bonchev–Trinajstić information content (AvgIpc) is 3.45. The summed E-state index contributed by atoms with van der Waals surface area (Å²) in [5.74, 6) is -0.399. The van der Waals surface area contributed by atoms with Gasteiger partial charge in [0, 0.05) is 33.0 Å². The number of unbranched alkanes of at least 4 members (excludes halogenated alkanes) is 3. The molecule has 0 spiro atoms.